The van der Waals surface area contributed by atoms with Gasteiger partial charge in [-0.15, -0.1) is 0 Å². The van der Waals surface area contributed by atoms with Crippen LogP contribution in [0.2, 0.25) is 0 Å². The number of rotatable bonds is 5. The van der Waals surface area contributed by atoms with Gasteiger partial charge in [-0.05, 0) is 32.0 Å². The minimum absolute atomic E-state index is 0.340. The van der Waals surface area contributed by atoms with E-state index in [0.29, 0.717) is 12.1 Å². The third kappa shape index (κ3) is 3.96. The van der Waals surface area contributed by atoms with Crippen molar-refractivity contribution >= 4 is 16.7 Å². The Labute approximate surface area is 152 Å². The lowest BCUT2D eigenvalue weighted by atomic mass is 10.00. The lowest BCUT2D eigenvalue weighted by Crippen LogP contribution is -2.45. The standard InChI is InChI=1S/C21H32N4/c1-6-19(22-15(2)3)18-14-17-9-7-8-16(4)20(17)23-21(18)25-12-10-24(5)11-13-25/h7-9,14-15,19,22H,6,10-13H2,1-5H3. The summed E-state index contributed by atoms with van der Waals surface area (Å²) in [6, 6.07) is 9.65. The average molecular weight is 341 g/mol. The van der Waals surface area contributed by atoms with Gasteiger partial charge in [-0.25, -0.2) is 4.98 Å². The molecule has 0 spiro atoms. The molecule has 2 heterocycles. The SMILES string of the molecule is CCC(NC(C)C)c1cc2cccc(C)c2nc1N1CCN(C)CC1. The monoisotopic (exact) mass is 340 g/mol. The summed E-state index contributed by atoms with van der Waals surface area (Å²) in [6.45, 7) is 13.1. The molecule has 25 heavy (non-hydrogen) atoms. The molecule has 1 aromatic carbocycles. The minimum atomic E-state index is 0.340. The van der Waals surface area contributed by atoms with Crippen molar-refractivity contribution in [2.45, 2.75) is 46.2 Å². The first-order chi connectivity index (χ1) is 12.0. The number of fused-ring (bicyclic) bond motifs is 1. The van der Waals surface area contributed by atoms with E-state index >= 15 is 0 Å². The van der Waals surface area contributed by atoms with E-state index in [1.165, 1.54) is 22.3 Å². The highest BCUT2D eigenvalue weighted by atomic mass is 15.3. The van der Waals surface area contributed by atoms with Gasteiger partial charge in [0.05, 0.1) is 5.52 Å². The van der Waals surface area contributed by atoms with E-state index in [4.69, 9.17) is 4.98 Å². The van der Waals surface area contributed by atoms with E-state index in [1.807, 2.05) is 0 Å². The fourth-order valence-corrected chi connectivity index (χ4v) is 3.71. The van der Waals surface area contributed by atoms with E-state index < -0.39 is 0 Å². The van der Waals surface area contributed by atoms with Crippen LogP contribution < -0.4 is 10.2 Å². The number of aryl methyl sites for hydroxylation is 1. The molecule has 4 nitrogen and oxygen atoms in total. The molecule has 1 fully saturated rings. The summed E-state index contributed by atoms with van der Waals surface area (Å²) in [4.78, 5) is 10.0. The van der Waals surface area contributed by atoms with Gasteiger partial charge in [0, 0.05) is 49.2 Å². The molecule has 1 N–H and O–H groups in total. The Hall–Kier alpha value is -1.65. The van der Waals surface area contributed by atoms with Crippen LogP contribution in [0.3, 0.4) is 0 Å². The van der Waals surface area contributed by atoms with E-state index in [2.05, 4.69) is 74.1 Å². The molecule has 1 atom stereocenters. The summed E-state index contributed by atoms with van der Waals surface area (Å²) in [6.07, 6.45) is 1.07. The van der Waals surface area contributed by atoms with Crippen LogP contribution in [0.15, 0.2) is 24.3 Å². The van der Waals surface area contributed by atoms with E-state index in [-0.39, 0.29) is 0 Å². The molecular formula is C21H32N4. The second-order valence-corrected chi connectivity index (χ2v) is 7.62. The topological polar surface area (TPSA) is 31.4 Å². The number of nitrogens with zero attached hydrogens (tertiary/aromatic N) is 3. The van der Waals surface area contributed by atoms with Crippen LogP contribution in [0.25, 0.3) is 10.9 Å². The largest absolute Gasteiger partial charge is 0.354 e. The number of aromatic nitrogens is 1. The fourth-order valence-electron chi connectivity index (χ4n) is 3.71. The van der Waals surface area contributed by atoms with Gasteiger partial charge in [0.15, 0.2) is 0 Å². The maximum absolute atomic E-state index is 5.17. The maximum Gasteiger partial charge on any atom is 0.134 e. The van der Waals surface area contributed by atoms with Crippen LogP contribution in [0.1, 0.15) is 44.4 Å². The van der Waals surface area contributed by atoms with Crippen LogP contribution in [0.5, 0.6) is 0 Å². The first-order valence-electron chi connectivity index (χ1n) is 9.59. The zero-order valence-corrected chi connectivity index (χ0v) is 16.3. The molecule has 0 saturated carbocycles. The van der Waals surface area contributed by atoms with Gasteiger partial charge in [-0.3, -0.25) is 0 Å². The highest BCUT2D eigenvalue weighted by Crippen LogP contribution is 2.32. The van der Waals surface area contributed by atoms with E-state index in [0.717, 1.165) is 38.1 Å². The second-order valence-electron chi connectivity index (χ2n) is 7.62. The van der Waals surface area contributed by atoms with E-state index in [9.17, 15) is 0 Å². The average Bonchev–Trinajstić information content (AvgIpc) is 2.60. The second kappa shape index (κ2) is 7.71. The molecule has 4 heteroatoms. The highest BCUT2D eigenvalue weighted by Gasteiger charge is 2.23. The fraction of sp³-hybridized carbons (Fsp3) is 0.571. The smallest absolute Gasteiger partial charge is 0.134 e. The van der Waals surface area contributed by atoms with Gasteiger partial charge in [0.1, 0.15) is 5.82 Å². The number of anilines is 1. The van der Waals surface area contributed by atoms with Gasteiger partial charge in [0.2, 0.25) is 0 Å². The zero-order chi connectivity index (χ0) is 18.0. The molecule has 1 aliphatic heterocycles. The number of benzene rings is 1. The minimum Gasteiger partial charge on any atom is -0.354 e. The van der Waals surface area contributed by atoms with Crippen LogP contribution in [-0.2, 0) is 0 Å². The van der Waals surface area contributed by atoms with Crippen LogP contribution in [0, 0.1) is 6.92 Å². The Morgan fingerprint density at radius 1 is 1.16 bits per heavy atom. The summed E-state index contributed by atoms with van der Waals surface area (Å²) >= 11 is 0. The molecule has 2 aromatic rings. The Morgan fingerprint density at radius 2 is 1.88 bits per heavy atom. The molecular weight excluding hydrogens is 308 g/mol. The normalized spacial score (nSPS) is 17.4. The molecule has 1 saturated heterocycles. The van der Waals surface area contributed by atoms with Gasteiger partial charge in [-0.1, -0.05) is 39.0 Å². The third-order valence-corrected chi connectivity index (χ3v) is 5.18. The molecule has 3 rings (SSSR count). The molecule has 0 radical (unpaired) electrons. The molecule has 1 aliphatic rings. The summed E-state index contributed by atoms with van der Waals surface area (Å²) in [7, 11) is 2.20. The Bertz CT molecular complexity index is 717. The molecule has 0 bridgehead atoms. The number of para-hydroxylation sites is 1. The Balaban J connectivity index is 2.09. The number of hydrogen-bond acceptors (Lipinski definition) is 4. The number of nitrogens with one attached hydrogen (secondary N) is 1. The maximum atomic E-state index is 5.17. The van der Waals surface area contributed by atoms with Crippen molar-refractivity contribution in [1.29, 1.82) is 0 Å². The highest BCUT2D eigenvalue weighted by molar-refractivity contribution is 5.85. The van der Waals surface area contributed by atoms with E-state index in [1.54, 1.807) is 0 Å². The summed E-state index contributed by atoms with van der Waals surface area (Å²) in [5, 5.41) is 4.98. The molecule has 1 unspecified atom stereocenters. The Morgan fingerprint density at radius 3 is 2.52 bits per heavy atom. The summed E-state index contributed by atoms with van der Waals surface area (Å²) < 4.78 is 0. The molecule has 0 amide bonds. The van der Waals surface area contributed by atoms with Crippen molar-refractivity contribution < 1.29 is 0 Å². The number of piperazine rings is 1. The van der Waals surface area contributed by atoms with Crippen molar-refractivity contribution in [3.63, 3.8) is 0 Å². The first-order valence-corrected chi connectivity index (χ1v) is 9.59. The van der Waals surface area contributed by atoms with Crippen molar-refractivity contribution in [1.82, 2.24) is 15.2 Å². The quantitative estimate of drug-likeness (QED) is 0.898. The lowest BCUT2D eigenvalue weighted by molar-refractivity contribution is 0.311. The van der Waals surface area contributed by atoms with Crippen LogP contribution in [0.4, 0.5) is 5.82 Å². The molecule has 1 aromatic heterocycles. The summed E-state index contributed by atoms with van der Waals surface area (Å²) in [5.74, 6) is 1.18. The zero-order valence-electron chi connectivity index (χ0n) is 16.3. The van der Waals surface area contributed by atoms with Gasteiger partial charge in [-0.2, -0.15) is 0 Å². The predicted octanol–water partition coefficient (Wildman–Crippen LogP) is 3.74. The first kappa shape index (κ1) is 18.2. The number of hydrogen-bond donors (Lipinski definition) is 1. The van der Waals surface area contributed by atoms with Crippen molar-refractivity contribution in [3.8, 4) is 0 Å². The van der Waals surface area contributed by atoms with Crippen LogP contribution >= 0.6 is 0 Å². The van der Waals surface area contributed by atoms with Gasteiger partial charge >= 0.3 is 0 Å². The van der Waals surface area contributed by atoms with Crippen molar-refractivity contribution in [2.75, 3.05) is 38.1 Å². The summed E-state index contributed by atoms with van der Waals surface area (Å²) in [5.41, 5.74) is 3.74. The van der Waals surface area contributed by atoms with Crippen LogP contribution in [-0.4, -0.2) is 49.2 Å². The van der Waals surface area contributed by atoms with Crippen molar-refractivity contribution in [3.05, 3.63) is 35.4 Å². The molecule has 136 valence electrons. The number of likely N-dealkylation sites (N-methyl/N-ethyl adjacent to an activating group) is 1. The molecule has 0 aliphatic carbocycles. The lowest BCUT2D eigenvalue weighted by Gasteiger charge is -2.36. The predicted molar refractivity (Wildman–Crippen MR) is 107 cm³/mol. The number of pyridine rings is 1. The van der Waals surface area contributed by atoms with Gasteiger partial charge < -0.3 is 15.1 Å². The Kier molecular flexibility index (Phi) is 5.60. The van der Waals surface area contributed by atoms with Gasteiger partial charge in [0.25, 0.3) is 0 Å². The van der Waals surface area contributed by atoms with Crippen molar-refractivity contribution in [2.24, 2.45) is 0 Å². The third-order valence-electron chi connectivity index (χ3n) is 5.18.